The molecule has 1 saturated heterocycles. The number of amides is 1. The molecular weight excluding hydrogens is 328 g/mol. The number of rotatable bonds is 6. The first kappa shape index (κ1) is 18.7. The molecule has 7 heteroatoms. The maximum atomic E-state index is 12.9. The molecule has 24 heavy (non-hydrogen) atoms. The molecule has 1 aliphatic rings. The minimum atomic E-state index is -3.62. The average Bonchev–Trinajstić information content (AvgIpc) is 2.86. The number of para-hydroxylation sites is 1. The zero-order valence-electron chi connectivity index (χ0n) is 14.4. The fraction of sp³-hybridized carbons (Fsp3) is 0.588. The summed E-state index contributed by atoms with van der Waals surface area (Å²) >= 11 is 0. The Morgan fingerprint density at radius 1 is 1.17 bits per heavy atom. The molecule has 0 aliphatic carbocycles. The van der Waals surface area contributed by atoms with Crippen molar-refractivity contribution in [2.45, 2.75) is 37.5 Å². The molecule has 0 bridgehead atoms. The number of benzene rings is 1. The maximum absolute atomic E-state index is 12.9. The molecule has 6 nitrogen and oxygen atoms in total. The van der Waals surface area contributed by atoms with Crippen molar-refractivity contribution in [3.63, 3.8) is 0 Å². The van der Waals surface area contributed by atoms with Crippen LogP contribution in [0.25, 0.3) is 0 Å². The van der Waals surface area contributed by atoms with Crippen LogP contribution in [0.4, 0.5) is 0 Å². The lowest BCUT2D eigenvalue weighted by atomic mass is 10.2. The Kier molecular flexibility index (Phi) is 6.62. The molecule has 0 radical (unpaired) electrons. The van der Waals surface area contributed by atoms with Gasteiger partial charge in [-0.15, -0.1) is 0 Å². The van der Waals surface area contributed by atoms with Gasteiger partial charge in [-0.2, -0.15) is 4.31 Å². The van der Waals surface area contributed by atoms with Gasteiger partial charge in [-0.1, -0.05) is 25.5 Å². The number of hydrogen-bond acceptors (Lipinski definition) is 4. The molecule has 0 unspecified atom stereocenters. The highest BCUT2D eigenvalue weighted by molar-refractivity contribution is 7.89. The highest BCUT2D eigenvalue weighted by Crippen LogP contribution is 2.27. The maximum Gasteiger partial charge on any atom is 0.246 e. The van der Waals surface area contributed by atoms with E-state index in [0.717, 1.165) is 12.8 Å². The van der Waals surface area contributed by atoms with Gasteiger partial charge in [0.25, 0.3) is 0 Å². The van der Waals surface area contributed by atoms with Gasteiger partial charge in [-0.25, -0.2) is 8.42 Å². The van der Waals surface area contributed by atoms with Crippen LogP contribution in [-0.4, -0.2) is 56.8 Å². The summed E-state index contributed by atoms with van der Waals surface area (Å²) in [6.45, 7) is 3.84. The zero-order valence-corrected chi connectivity index (χ0v) is 15.2. The van der Waals surface area contributed by atoms with Crippen LogP contribution in [0.2, 0.25) is 0 Å². The zero-order chi connectivity index (χ0) is 17.6. The van der Waals surface area contributed by atoms with E-state index >= 15 is 0 Å². The summed E-state index contributed by atoms with van der Waals surface area (Å²) in [6.07, 6.45) is 3.04. The van der Waals surface area contributed by atoms with Crippen molar-refractivity contribution >= 4 is 15.9 Å². The second kappa shape index (κ2) is 8.48. The van der Waals surface area contributed by atoms with Crippen LogP contribution in [0, 0.1) is 0 Å². The third kappa shape index (κ3) is 4.27. The highest BCUT2D eigenvalue weighted by atomic mass is 32.2. The number of methoxy groups -OCH3 is 1. The summed E-state index contributed by atoms with van der Waals surface area (Å²) < 4.78 is 32.5. The molecule has 1 aromatic carbocycles. The van der Waals surface area contributed by atoms with E-state index in [9.17, 15) is 13.2 Å². The summed E-state index contributed by atoms with van der Waals surface area (Å²) in [5, 5.41) is 0. The fourth-order valence-electron chi connectivity index (χ4n) is 2.84. The smallest absolute Gasteiger partial charge is 0.246 e. The number of sulfonamides is 1. The van der Waals surface area contributed by atoms with E-state index in [2.05, 4.69) is 6.92 Å². The average molecular weight is 354 g/mol. The van der Waals surface area contributed by atoms with E-state index in [1.54, 1.807) is 29.2 Å². The van der Waals surface area contributed by atoms with Crippen molar-refractivity contribution in [3.05, 3.63) is 24.3 Å². The molecule has 0 atom stereocenters. The molecule has 0 N–H and O–H groups in total. The summed E-state index contributed by atoms with van der Waals surface area (Å²) in [4.78, 5) is 14.1. The summed E-state index contributed by atoms with van der Waals surface area (Å²) in [6, 6.07) is 6.64. The monoisotopic (exact) mass is 354 g/mol. The van der Waals surface area contributed by atoms with Crippen molar-refractivity contribution in [1.29, 1.82) is 0 Å². The highest BCUT2D eigenvalue weighted by Gasteiger charge is 2.30. The first-order valence-corrected chi connectivity index (χ1v) is 9.85. The van der Waals surface area contributed by atoms with Crippen molar-refractivity contribution in [2.75, 3.05) is 33.3 Å². The number of carbonyl (C=O) groups is 1. The van der Waals surface area contributed by atoms with E-state index in [4.69, 9.17) is 4.74 Å². The van der Waals surface area contributed by atoms with Crippen LogP contribution in [0.5, 0.6) is 5.75 Å². The largest absolute Gasteiger partial charge is 0.495 e. The second-order valence-electron chi connectivity index (χ2n) is 5.89. The third-order valence-electron chi connectivity index (χ3n) is 4.24. The summed E-state index contributed by atoms with van der Waals surface area (Å²) in [7, 11) is -2.16. The number of hydrogen-bond donors (Lipinski definition) is 0. The molecule has 1 fully saturated rings. The van der Waals surface area contributed by atoms with Crippen LogP contribution in [0.15, 0.2) is 29.2 Å². The topological polar surface area (TPSA) is 66.9 Å². The molecular formula is C17H26N2O4S. The van der Waals surface area contributed by atoms with Gasteiger partial charge < -0.3 is 9.64 Å². The lowest BCUT2D eigenvalue weighted by Gasteiger charge is -2.22. The predicted molar refractivity (Wildman–Crippen MR) is 92.5 cm³/mol. The van der Waals surface area contributed by atoms with Crippen LogP contribution in [-0.2, 0) is 14.8 Å². The van der Waals surface area contributed by atoms with Gasteiger partial charge in [0.2, 0.25) is 15.9 Å². The van der Waals surface area contributed by atoms with Crippen molar-refractivity contribution in [2.24, 2.45) is 0 Å². The molecule has 1 aromatic rings. The minimum absolute atomic E-state index is 0.119. The molecule has 0 aromatic heterocycles. The predicted octanol–water partition coefficient (Wildman–Crippen LogP) is 2.11. The van der Waals surface area contributed by atoms with Crippen molar-refractivity contribution in [3.8, 4) is 5.75 Å². The molecule has 1 amide bonds. The lowest BCUT2D eigenvalue weighted by Crippen LogP contribution is -2.37. The van der Waals surface area contributed by atoms with Gasteiger partial charge in [-0.3, -0.25) is 4.79 Å². The standard InChI is InChI=1S/C17H26N2O4S/c1-3-4-10-17(20)18-11-7-12-19(14-13-18)24(21,22)16-9-6-5-8-15(16)23-2/h5-6,8-9H,3-4,7,10-14H2,1-2H3. The van der Waals surface area contributed by atoms with Gasteiger partial charge in [0.05, 0.1) is 7.11 Å². The quantitative estimate of drug-likeness (QED) is 0.785. The van der Waals surface area contributed by atoms with E-state index in [-0.39, 0.29) is 10.8 Å². The number of ether oxygens (including phenoxy) is 1. The number of unbranched alkanes of at least 4 members (excludes halogenated alkanes) is 1. The Hall–Kier alpha value is -1.60. The van der Waals surface area contributed by atoms with Crippen LogP contribution in [0.3, 0.4) is 0 Å². The Morgan fingerprint density at radius 3 is 2.62 bits per heavy atom. The van der Waals surface area contributed by atoms with Gasteiger partial charge in [0.15, 0.2) is 0 Å². The molecule has 0 saturated carbocycles. The van der Waals surface area contributed by atoms with E-state index in [1.165, 1.54) is 11.4 Å². The Bertz CT molecular complexity index is 660. The molecule has 1 aliphatic heterocycles. The normalized spacial score (nSPS) is 16.7. The number of carbonyl (C=O) groups excluding carboxylic acids is 1. The van der Waals surface area contributed by atoms with Gasteiger partial charge >= 0.3 is 0 Å². The molecule has 134 valence electrons. The van der Waals surface area contributed by atoms with Crippen molar-refractivity contribution in [1.82, 2.24) is 9.21 Å². The van der Waals surface area contributed by atoms with Gasteiger partial charge in [0, 0.05) is 32.6 Å². The summed E-state index contributed by atoms with van der Waals surface area (Å²) in [5.41, 5.74) is 0. The SMILES string of the molecule is CCCCC(=O)N1CCCN(S(=O)(=O)c2ccccc2OC)CC1. The van der Waals surface area contributed by atoms with Gasteiger partial charge in [0.1, 0.15) is 10.6 Å². The van der Waals surface area contributed by atoms with Crippen LogP contribution in [0.1, 0.15) is 32.6 Å². The molecule has 1 heterocycles. The van der Waals surface area contributed by atoms with Crippen LogP contribution < -0.4 is 4.74 Å². The molecule has 0 spiro atoms. The first-order valence-electron chi connectivity index (χ1n) is 8.41. The van der Waals surface area contributed by atoms with E-state index in [0.29, 0.717) is 44.8 Å². The lowest BCUT2D eigenvalue weighted by molar-refractivity contribution is -0.131. The second-order valence-corrected chi connectivity index (χ2v) is 7.80. The van der Waals surface area contributed by atoms with Crippen LogP contribution >= 0.6 is 0 Å². The Morgan fingerprint density at radius 2 is 1.92 bits per heavy atom. The minimum Gasteiger partial charge on any atom is -0.495 e. The van der Waals surface area contributed by atoms with Crippen molar-refractivity contribution < 1.29 is 17.9 Å². The Balaban J connectivity index is 2.11. The van der Waals surface area contributed by atoms with E-state index < -0.39 is 10.0 Å². The first-order chi connectivity index (χ1) is 11.5. The van der Waals surface area contributed by atoms with E-state index in [1.807, 2.05) is 0 Å². The molecule has 2 rings (SSSR count). The Labute approximate surface area is 144 Å². The number of nitrogens with zero attached hydrogens (tertiary/aromatic N) is 2. The van der Waals surface area contributed by atoms with Gasteiger partial charge in [-0.05, 0) is 25.0 Å². The summed E-state index contributed by atoms with van der Waals surface area (Å²) in [5.74, 6) is 0.464. The third-order valence-corrected chi connectivity index (χ3v) is 6.18. The fourth-order valence-corrected chi connectivity index (χ4v) is 4.47.